The van der Waals surface area contributed by atoms with E-state index in [0.717, 1.165) is 0 Å². The van der Waals surface area contributed by atoms with Crippen LogP contribution in [0.3, 0.4) is 0 Å². The normalized spacial score (nSPS) is 14.6. The van der Waals surface area contributed by atoms with Gasteiger partial charge in [0.2, 0.25) is 0 Å². The second-order valence-corrected chi connectivity index (χ2v) is 4.93. The molecule has 1 rings (SSSR count). The Bertz CT molecular complexity index is 486. The Kier molecular flexibility index (Phi) is 5.27. The van der Waals surface area contributed by atoms with Crippen LogP contribution in [-0.4, -0.2) is 23.6 Å². The lowest BCUT2D eigenvalue weighted by atomic mass is 10.0. The summed E-state index contributed by atoms with van der Waals surface area (Å²) >= 11 is 0. The molecule has 1 aromatic carbocycles. The van der Waals surface area contributed by atoms with E-state index in [-0.39, 0.29) is 12.1 Å². The number of hydrogen-bond acceptors (Lipinski definition) is 2. The van der Waals surface area contributed by atoms with Gasteiger partial charge in [-0.15, -0.1) is 0 Å². The van der Waals surface area contributed by atoms with Gasteiger partial charge < -0.3 is 10.4 Å². The maximum atomic E-state index is 13.7. The van der Waals surface area contributed by atoms with Gasteiger partial charge in [-0.25, -0.2) is 13.2 Å². The van der Waals surface area contributed by atoms with Crippen molar-refractivity contribution in [1.82, 2.24) is 5.32 Å². The smallest absolute Gasteiger partial charge is 0.382 e. The Morgan fingerprint density at radius 2 is 1.71 bits per heavy atom. The highest BCUT2D eigenvalue weighted by molar-refractivity contribution is 5.29. The predicted molar refractivity (Wildman–Crippen MR) is 64.4 cm³/mol. The molecule has 0 amide bonds. The van der Waals surface area contributed by atoms with Crippen molar-refractivity contribution in [1.29, 1.82) is 0 Å². The second kappa shape index (κ2) is 6.23. The molecule has 0 saturated heterocycles. The summed E-state index contributed by atoms with van der Waals surface area (Å²) in [6, 6.07) is 0.769. The van der Waals surface area contributed by atoms with Crippen LogP contribution in [-0.2, 0) is 6.18 Å². The van der Waals surface area contributed by atoms with Crippen molar-refractivity contribution in [2.24, 2.45) is 0 Å². The van der Waals surface area contributed by atoms with Gasteiger partial charge in [-0.2, -0.15) is 13.2 Å². The molecule has 2 N–H and O–H groups in total. The number of aliphatic hydroxyl groups is 1. The van der Waals surface area contributed by atoms with Gasteiger partial charge in [-0.05, 0) is 12.1 Å². The molecule has 1 aromatic rings. The minimum absolute atomic E-state index is 0.0878. The van der Waals surface area contributed by atoms with E-state index in [1.165, 1.54) is 0 Å². The van der Waals surface area contributed by atoms with Crippen molar-refractivity contribution < 1.29 is 31.4 Å². The molecule has 0 aliphatic carbocycles. The molecule has 0 aliphatic rings. The summed E-state index contributed by atoms with van der Waals surface area (Å²) in [5.41, 5.74) is -2.18. The first-order valence-electron chi connectivity index (χ1n) is 6.11. The fourth-order valence-electron chi connectivity index (χ4n) is 1.59. The van der Waals surface area contributed by atoms with E-state index in [9.17, 15) is 31.4 Å². The van der Waals surface area contributed by atoms with Crippen molar-refractivity contribution in [2.75, 3.05) is 6.54 Å². The Labute approximate surface area is 117 Å². The van der Waals surface area contributed by atoms with Gasteiger partial charge >= 0.3 is 6.18 Å². The SMILES string of the molecule is CC(C)NCC(F)(F)C(O)c1ccc(C(F)(F)F)cc1F. The molecule has 0 aromatic heterocycles. The number of aliphatic hydroxyl groups excluding tert-OH is 1. The van der Waals surface area contributed by atoms with Crippen LogP contribution in [0.4, 0.5) is 26.3 Å². The Morgan fingerprint density at radius 3 is 2.14 bits per heavy atom. The highest BCUT2D eigenvalue weighted by Gasteiger charge is 2.41. The summed E-state index contributed by atoms with van der Waals surface area (Å²) in [6.45, 7) is 2.27. The maximum Gasteiger partial charge on any atom is 0.416 e. The molecule has 0 heterocycles. The van der Waals surface area contributed by atoms with Crippen LogP contribution < -0.4 is 5.32 Å². The topological polar surface area (TPSA) is 32.3 Å². The molecule has 0 spiro atoms. The fourth-order valence-corrected chi connectivity index (χ4v) is 1.59. The Hall–Kier alpha value is -1.28. The second-order valence-electron chi connectivity index (χ2n) is 4.93. The largest absolute Gasteiger partial charge is 0.416 e. The zero-order chi connectivity index (χ0) is 16.4. The third-order valence-electron chi connectivity index (χ3n) is 2.77. The molecule has 0 bridgehead atoms. The first-order valence-corrected chi connectivity index (χ1v) is 6.11. The Morgan fingerprint density at radius 1 is 1.14 bits per heavy atom. The van der Waals surface area contributed by atoms with Crippen molar-refractivity contribution in [3.63, 3.8) is 0 Å². The van der Waals surface area contributed by atoms with Crippen molar-refractivity contribution >= 4 is 0 Å². The van der Waals surface area contributed by atoms with Crippen LogP contribution >= 0.6 is 0 Å². The third-order valence-corrected chi connectivity index (χ3v) is 2.77. The highest BCUT2D eigenvalue weighted by Crippen LogP contribution is 2.35. The van der Waals surface area contributed by atoms with Crippen LogP contribution in [0.25, 0.3) is 0 Å². The van der Waals surface area contributed by atoms with Crippen LogP contribution in [0.2, 0.25) is 0 Å². The average molecular weight is 315 g/mol. The molecule has 0 aliphatic heterocycles. The number of rotatable bonds is 5. The standard InChI is InChI=1S/C13H15F6NO/c1-7(2)20-6-12(15,16)11(21)9-4-3-8(5-10(9)14)13(17,18)19/h3-5,7,11,20-21H,6H2,1-2H3. The molecule has 0 radical (unpaired) electrons. The Balaban J connectivity index is 2.99. The zero-order valence-electron chi connectivity index (χ0n) is 11.3. The summed E-state index contributed by atoms with van der Waals surface area (Å²) in [5.74, 6) is -5.24. The van der Waals surface area contributed by atoms with Crippen molar-refractivity contribution in [3.05, 3.63) is 35.1 Å². The van der Waals surface area contributed by atoms with Crippen LogP contribution in [0.1, 0.15) is 31.1 Å². The third kappa shape index (κ3) is 4.60. The van der Waals surface area contributed by atoms with Crippen LogP contribution in [0.5, 0.6) is 0 Å². The molecule has 0 fully saturated rings. The molecule has 1 unspecified atom stereocenters. The summed E-state index contributed by atoms with van der Waals surface area (Å²) < 4.78 is 78.0. The lowest BCUT2D eigenvalue weighted by Gasteiger charge is -2.25. The summed E-state index contributed by atoms with van der Waals surface area (Å²) in [7, 11) is 0. The minimum atomic E-state index is -4.79. The van der Waals surface area contributed by atoms with Gasteiger partial charge in [0.05, 0.1) is 12.1 Å². The van der Waals surface area contributed by atoms with E-state index in [1.807, 2.05) is 0 Å². The molecule has 0 saturated carbocycles. The quantitative estimate of drug-likeness (QED) is 0.815. The first kappa shape index (κ1) is 17.8. The lowest BCUT2D eigenvalue weighted by molar-refractivity contribution is -0.137. The molecule has 21 heavy (non-hydrogen) atoms. The van der Waals surface area contributed by atoms with E-state index in [2.05, 4.69) is 5.32 Å². The molecular weight excluding hydrogens is 300 g/mol. The number of benzene rings is 1. The fraction of sp³-hybridized carbons (Fsp3) is 0.538. The van der Waals surface area contributed by atoms with E-state index >= 15 is 0 Å². The summed E-state index contributed by atoms with van der Waals surface area (Å²) in [4.78, 5) is 0. The van der Waals surface area contributed by atoms with E-state index in [1.54, 1.807) is 13.8 Å². The van der Waals surface area contributed by atoms with Gasteiger partial charge in [0.1, 0.15) is 11.9 Å². The monoisotopic (exact) mass is 315 g/mol. The molecule has 120 valence electrons. The number of nitrogens with one attached hydrogen (secondary N) is 1. The van der Waals surface area contributed by atoms with E-state index < -0.39 is 41.7 Å². The lowest BCUT2D eigenvalue weighted by Crippen LogP contribution is -2.41. The van der Waals surface area contributed by atoms with Gasteiger partial charge in [-0.1, -0.05) is 19.9 Å². The van der Waals surface area contributed by atoms with E-state index in [4.69, 9.17) is 0 Å². The van der Waals surface area contributed by atoms with Gasteiger partial charge in [0.15, 0.2) is 0 Å². The molecular formula is C13H15F6NO. The zero-order valence-corrected chi connectivity index (χ0v) is 11.3. The summed E-state index contributed by atoms with van der Waals surface area (Å²) in [6.07, 6.45) is -7.32. The molecule has 1 atom stereocenters. The average Bonchev–Trinajstić information content (AvgIpc) is 2.34. The first-order chi connectivity index (χ1) is 9.45. The number of halogens is 6. The van der Waals surface area contributed by atoms with Crippen LogP contribution in [0, 0.1) is 5.82 Å². The minimum Gasteiger partial charge on any atom is -0.382 e. The highest BCUT2D eigenvalue weighted by atomic mass is 19.4. The van der Waals surface area contributed by atoms with Crippen molar-refractivity contribution in [3.8, 4) is 0 Å². The van der Waals surface area contributed by atoms with Gasteiger partial charge in [-0.3, -0.25) is 0 Å². The van der Waals surface area contributed by atoms with Crippen molar-refractivity contribution in [2.45, 2.75) is 38.1 Å². The number of hydrogen-bond donors (Lipinski definition) is 2. The maximum absolute atomic E-state index is 13.7. The predicted octanol–water partition coefficient (Wildman–Crippen LogP) is 3.51. The molecule has 2 nitrogen and oxygen atoms in total. The van der Waals surface area contributed by atoms with Gasteiger partial charge in [0.25, 0.3) is 5.92 Å². The summed E-state index contributed by atoms with van der Waals surface area (Å²) in [5, 5.41) is 11.9. The van der Waals surface area contributed by atoms with Crippen LogP contribution in [0.15, 0.2) is 18.2 Å². The number of alkyl halides is 5. The molecule has 8 heteroatoms. The van der Waals surface area contributed by atoms with E-state index in [0.29, 0.717) is 12.1 Å². The van der Waals surface area contributed by atoms with Gasteiger partial charge in [0, 0.05) is 11.6 Å².